The van der Waals surface area contributed by atoms with Gasteiger partial charge in [-0.1, -0.05) is 18.2 Å². The van der Waals surface area contributed by atoms with Crippen LogP contribution in [0.5, 0.6) is 5.75 Å². The number of hydrogen-bond acceptors (Lipinski definition) is 7. The number of methoxy groups -OCH3 is 1. The number of para-hydroxylation sites is 1. The van der Waals surface area contributed by atoms with Gasteiger partial charge in [0.15, 0.2) is 0 Å². The molecule has 0 bridgehead atoms. The van der Waals surface area contributed by atoms with E-state index in [9.17, 15) is 0 Å². The third-order valence-electron chi connectivity index (χ3n) is 5.41. The third-order valence-corrected chi connectivity index (χ3v) is 5.41. The monoisotopic (exact) mass is 431 g/mol. The molecular formula is C24H29N7O. The number of nitrogens with one attached hydrogen (secondary N) is 1. The maximum atomic E-state index is 6.45. The maximum absolute atomic E-state index is 6.45. The topological polar surface area (TPSA) is 84.5 Å². The Morgan fingerprint density at radius 2 is 1.88 bits per heavy atom. The van der Waals surface area contributed by atoms with E-state index in [1.165, 1.54) is 0 Å². The third kappa shape index (κ3) is 4.31. The number of fused-ring (bicyclic) bond motifs is 1. The molecule has 0 radical (unpaired) electrons. The predicted molar refractivity (Wildman–Crippen MR) is 131 cm³/mol. The lowest BCUT2D eigenvalue weighted by atomic mass is 10.2. The Morgan fingerprint density at radius 3 is 2.59 bits per heavy atom. The molecule has 4 aromatic rings. The second-order valence-electron chi connectivity index (χ2n) is 7.95. The van der Waals surface area contributed by atoms with Crippen molar-refractivity contribution < 1.29 is 4.74 Å². The molecule has 0 unspecified atom stereocenters. The Balaban J connectivity index is 1.74. The summed E-state index contributed by atoms with van der Waals surface area (Å²) in [6.07, 6.45) is 3.28. The molecule has 2 heterocycles. The first-order valence-corrected chi connectivity index (χ1v) is 10.4. The maximum Gasteiger partial charge on any atom is 0.144 e. The highest BCUT2D eigenvalue weighted by atomic mass is 16.5. The van der Waals surface area contributed by atoms with Crippen LogP contribution in [0.3, 0.4) is 0 Å². The molecule has 0 spiro atoms. The zero-order valence-electron chi connectivity index (χ0n) is 18.9. The van der Waals surface area contributed by atoms with E-state index < -0.39 is 0 Å². The summed E-state index contributed by atoms with van der Waals surface area (Å²) in [6, 6.07) is 16.0. The van der Waals surface area contributed by atoms with Gasteiger partial charge in [-0.3, -0.25) is 4.57 Å². The summed E-state index contributed by atoms with van der Waals surface area (Å²) in [5.41, 5.74) is 9.89. The molecule has 166 valence electrons. The molecule has 0 amide bonds. The summed E-state index contributed by atoms with van der Waals surface area (Å²) in [7, 11) is 7.82. The van der Waals surface area contributed by atoms with Gasteiger partial charge in [0.05, 0.1) is 29.7 Å². The van der Waals surface area contributed by atoms with Gasteiger partial charge in [-0.25, -0.2) is 9.97 Å². The van der Waals surface area contributed by atoms with Crippen LogP contribution in [-0.2, 0) is 0 Å². The average Bonchev–Trinajstić information content (AvgIpc) is 3.16. The van der Waals surface area contributed by atoms with Crippen LogP contribution in [0.25, 0.3) is 16.7 Å². The largest absolute Gasteiger partial charge is 0.494 e. The van der Waals surface area contributed by atoms with Crippen molar-refractivity contribution in [3.8, 4) is 11.6 Å². The van der Waals surface area contributed by atoms with Crippen LogP contribution in [0, 0.1) is 0 Å². The SMILES string of the molecule is COc1cc(N(C)CCN(C)C)c(N)cc1Nc1cc2ccccc2n1-c1ccncn1. The molecule has 0 aliphatic carbocycles. The number of nitrogen functional groups attached to an aromatic ring is 1. The Bertz CT molecular complexity index is 1200. The number of nitrogens with zero attached hydrogens (tertiary/aromatic N) is 5. The number of aromatic nitrogens is 3. The molecule has 4 rings (SSSR count). The standard InChI is InChI=1S/C24H29N7O/c1-29(2)11-12-30(3)21-15-22(32-4)19(14-18(21)25)28-24-13-17-7-5-6-8-20(17)31(24)23-9-10-26-16-27-23/h5-10,13-16,28H,11-12,25H2,1-4H3. The molecular weight excluding hydrogens is 402 g/mol. The van der Waals surface area contributed by atoms with Crippen molar-refractivity contribution in [2.75, 3.05) is 57.3 Å². The molecule has 3 N–H and O–H groups in total. The van der Waals surface area contributed by atoms with Crippen LogP contribution in [-0.4, -0.2) is 60.8 Å². The van der Waals surface area contributed by atoms with Gasteiger partial charge in [-0.15, -0.1) is 0 Å². The minimum absolute atomic E-state index is 0.680. The highest BCUT2D eigenvalue weighted by molar-refractivity contribution is 5.89. The van der Waals surface area contributed by atoms with Gasteiger partial charge in [0.25, 0.3) is 0 Å². The zero-order chi connectivity index (χ0) is 22.7. The van der Waals surface area contributed by atoms with E-state index in [0.29, 0.717) is 11.4 Å². The van der Waals surface area contributed by atoms with Crippen LogP contribution in [0.15, 0.2) is 61.1 Å². The van der Waals surface area contributed by atoms with E-state index in [0.717, 1.165) is 47.0 Å². The minimum Gasteiger partial charge on any atom is -0.494 e. The highest BCUT2D eigenvalue weighted by Crippen LogP contribution is 2.38. The summed E-state index contributed by atoms with van der Waals surface area (Å²) in [5.74, 6) is 2.34. The summed E-state index contributed by atoms with van der Waals surface area (Å²) < 4.78 is 7.78. The Morgan fingerprint density at radius 1 is 1.06 bits per heavy atom. The van der Waals surface area contributed by atoms with Crippen molar-refractivity contribution in [2.45, 2.75) is 0 Å². The van der Waals surface area contributed by atoms with Crippen molar-refractivity contribution in [3.05, 3.63) is 61.1 Å². The van der Waals surface area contributed by atoms with Crippen LogP contribution >= 0.6 is 0 Å². The van der Waals surface area contributed by atoms with E-state index >= 15 is 0 Å². The predicted octanol–water partition coefficient (Wildman–Crippen LogP) is 3.75. The molecule has 32 heavy (non-hydrogen) atoms. The summed E-state index contributed by atoms with van der Waals surface area (Å²) in [5, 5.41) is 4.61. The first-order chi connectivity index (χ1) is 15.5. The molecule has 8 nitrogen and oxygen atoms in total. The van der Waals surface area contributed by atoms with Gasteiger partial charge in [0.2, 0.25) is 0 Å². The van der Waals surface area contributed by atoms with Crippen molar-refractivity contribution in [2.24, 2.45) is 0 Å². The summed E-state index contributed by atoms with van der Waals surface area (Å²) >= 11 is 0. The summed E-state index contributed by atoms with van der Waals surface area (Å²) in [4.78, 5) is 12.8. The normalized spacial score (nSPS) is 11.2. The van der Waals surface area contributed by atoms with Crippen molar-refractivity contribution in [1.82, 2.24) is 19.4 Å². The van der Waals surface area contributed by atoms with Crippen LogP contribution in [0.1, 0.15) is 0 Å². The van der Waals surface area contributed by atoms with Crippen molar-refractivity contribution in [3.63, 3.8) is 0 Å². The zero-order valence-corrected chi connectivity index (χ0v) is 18.9. The Kier molecular flexibility index (Phi) is 6.13. The van der Waals surface area contributed by atoms with Gasteiger partial charge in [-0.05, 0) is 38.4 Å². The van der Waals surface area contributed by atoms with Crippen LogP contribution in [0.2, 0.25) is 0 Å². The number of ether oxygens (including phenoxy) is 1. The molecule has 8 heteroatoms. The number of hydrogen-bond donors (Lipinski definition) is 2. The van der Waals surface area contributed by atoms with Gasteiger partial charge in [-0.2, -0.15) is 0 Å². The van der Waals surface area contributed by atoms with E-state index in [-0.39, 0.29) is 0 Å². The van der Waals surface area contributed by atoms with Gasteiger partial charge < -0.3 is 25.6 Å². The van der Waals surface area contributed by atoms with Crippen molar-refractivity contribution in [1.29, 1.82) is 0 Å². The van der Waals surface area contributed by atoms with E-state index in [2.05, 4.69) is 61.9 Å². The Labute approximate surface area is 188 Å². The van der Waals surface area contributed by atoms with E-state index in [1.54, 1.807) is 19.6 Å². The number of nitrogens with two attached hydrogens (primary N) is 1. The van der Waals surface area contributed by atoms with Gasteiger partial charge >= 0.3 is 0 Å². The molecule has 0 atom stereocenters. The average molecular weight is 432 g/mol. The molecule has 2 aromatic heterocycles. The molecule has 0 saturated heterocycles. The first-order valence-electron chi connectivity index (χ1n) is 10.4. The van der Waals surface area contributed by atoms with E-state index in [4.69, 9.17) is 10.5 Å². The summed E-state index contributed by atoms with van der Waals surface area (Å²) in [6.45, 7) is 1.78. The van der Waals surface area contributed by atoms with Crippen molar-refractivity contribution >= 4 is 33.8 Å². The fraction of sp³-hybridized carbons (Fsp3) is 0.250. The molecule has 2 aromatic carbocycles. The lowest BCUT2D eigenvalue weighted by molar-refractivity contribution is 0.413. The molecule has 0 saturated carbocycles. The number of anilines is 4. The minimum atomic E-state index is 0.680. The van der Waals surface area contributed by atoms with Gasteiger partial charge in [0.1, 0.15) is 23.7 Å². The number of likely N-dealkylation sites (N-methyl/N-ethyl adjacent to an activating group) is 2. The second-order valence-corrected chi connectivity index (χ2v) is 7.95. The number of rotatable bonds is 8. The lowest BCUT2D eigenvalue weighted by Gasteiger charge is -2.24. The van der Waals surface area contributed by atoms with Crippen LogP contribution in [0.4, 0.5) is 22.9 Å². The quantitative estimate of drug-likeness (QED) is 0.411. The lowest BCUT2D eigenvalue weighted by Crippen LogP contribution is -2.29. The molecule has 0 aliphatic heterocycles. The fourth-order valence-electron chi connectivity index (χ4n) is 3.70. The molecule has 0 fully saturated rings. The first kappa shape index (κ1) is 21.5. The fourth-order valence-corrected chi connectivity index (χ4v) is 3.70. The van der Waals surface area contributed by atoms with E-state index in [1.807, 2.05) is 37.4 Å². The highest BCUT2D eigenvalue weighted by Gasteiger charge is 2.16. The second kappa shape index (κ2) is 9.15. The Hall–Kier alpha value is -3.78. The van der Waals surface area contributed by atoms with Crippen LogP contribution < -0.4 is 20.7 Å². The molecule has 0 aliphatic rings. The number of benzene rings is 2. The smallest absolute Gasteiger partial charge is 0.144 e. The van der Waals surface area contributed by atoms with Gasteiger partial charge in [0, 0.05) is 37.8 Å².